The topological polar surface area (TPSA) is 12.0 Å². The minimum Gasteiger partial charge on any atom is -0.320 e. The maximum absolute atomic E-state index is 3.35. The molecule has 52 valence electrons. The van der Waals surface area contributed by atoms with Crippen molar-refractivity contribution < 1.29 is 0 Å². The van der Waals surface area contributed by atoms with Gasteiger partial charge in [0.05, 0.1) is 0 Å². The van der Waals surface area contributed by atoms with Gasteiger partial charge in [-0.05, 0) is 26.4 Å². The molecular weight excluding hydrogens is 234 g/mol. The van der Waals surface area contributed by atoms with E-state index in [1.807, 2.05) is 7.05 Å². The molecule has 0 rings (SSSR count). The third-order valence-corrected chi connectivity index (χ3v) is 1.37. The Morgan fingerprint density at radius 3 is 2.38 bits per heavy atom. The number of hydrogen-bond acceptors (Lipinski definition) is 1. The summed E-state index contributed by atoms with van der Waals surface area (Å²) in [7, 11) is 1.98. The fourth-order valence-electron chi connectivity index (χ4n) is 0.396. The van der Waals surface area contributed by atoms with Gasteiger partial charge in [0.25, 0.3) is 0 Å². The normalized spacial score (nSPS) is 8.25. The zero-order chi connectivity index (χ0) is 5.54. The van der Waals surface area contributed by atoms with Gasteiger partial charge < -0.3 is 5.32 Å². The maximum atomic E-state index is 3.35. The average Bonchev–Trinajstić information content (AvgIpc) is 1.69. The van der Waals surface area contributed by atoms with Crippen LogP contribution in [0.15, 0.2) is 0 Å². The first-order valence-electron chi connectivity index (χ1n) is 2.62. The van der Waals surface area contributed by atoms with E-state index in [4.69, 9.17) is 0 Å². The van der Waals surface area contributed by atoms with Crippen molar-refractivity contribution in [3.8, 4) is 0 Å². The molecule has 3 heteroatoms. The van der Waals surface area contributed by atoms with Crippen LogP contribution < -0.4 is 5.32 Å². The van der Waals surface area contributed by atoms with Crippen LogP contribution in [-0.4, -0.2) is 18.9 Å². The Bertz CT molecular complexity index is 29.6. The molecule has 0 fully saturated rings. The van der Waals surface area contributed by atoms with Gasteiger partial charge in [-0.3, -0.25) is 0 Å². The van der Waals surface area contributed by atoms with Gasteiger partial charge in [0.2, 0.25) is 0 Å². The molecule has 0 aliphatic heterocycles. The highest BCUT2D eigenvalue weighted by Crippen LogP contribution is 1.90. The van der Waals surface area contributed by atoms with Crippen LogP contribution in [0.2, 0.25) is 0 Å². The molecular formula is C5H13Br2N. The van der Waals surface area contributed by atoms with Gasteiger partial charge in [-0.25, -0.2) is 0 Å². The van der Waals surface area contributed by atoms with E-state index in [-0.39, 0.29) is 17.0 Å². The molecule has 0 spiro atoms. The lowest BCUT2D eigenvalue weighted by atomic mass is 10.3. The standard InChI is InChI=1S/C5H12BrN.BrH/c1-7-5-3-2-4-6;/h7H,2-5H2,1H3;1H. The van der Waals surface area contributed by atoms with Crippen LogP contribution in [0.5, 0.6) is 0 Å². The van der Waals surface area contributed by atoms with E-state index < -0.39 is 0 Å². The highest BCUT2D eigenvalue weighted by atomic mass is 79.9. The molecule has 8 heavy (non-hydrogen) atoms. The van der Waals surface area contributed by atoms with Gasteiger partial charge in [-0.15, -0.1) is 17.0 Å². The third kappa shape index (κ3) is 10.0. The first kappa shape index (κ1) is 11.7. The highest BCUT2D eigenvalue weighted by molar-refractivity contribution is 9.09. The van der Waals surface area contributed by atoms with Crippen molar-refractivity contribution >= 4 is 32.9 Å². The summed E-state index contributed by atoms with van der Waals surface area (Å²) in [5.41, 5.74) is 0. The zero-order valence-corrected chi connectivity index (χ0v) is 8.41. The first-order chi connectivity index (χ1) is 3.41. The highest BCUT2D eigenvalue weighted by Gasteiger charge is 1.79. The molecule has 1 nitrogen and oxygen atoms in total. The van der Waals surface area contributed by atoms with Crippen molar-refractivity contribution in [2.24, 2.45) is 0 Å². The van der Waals surface area contributed by atoms with Gasteiger partial charge in [-0.1, -0.05) is 15.9 Å². The van der Waals surface area contributed by atoms with E-state index in [1.54, 1.807) is 0 Å². The predicted molar refractivity (Wildman–Crippen MR) is 47.3 cm³/mol. The quantitative estimate of drug-likeness (QED) is 0.591. The molecule has 0 atom stereocenters. The van der Waals surface area contributed by atoms with Crippen LogP contribution in [0.4, 0.5) is 0 Å². The predicted octanol–water partition coefficient (Wildman–Crippen LogP) is 1.96. The van der Waals surface area contributed by atoms with Crippen molar-refractivity contribution in [1.29, 1.82) is 0 Å². The van der Waals surface area contributed by atoms with Crippen molar-refractivity contribution in [2.45, 2.75) is 12.8 Å². The number of nitrogens with one attached hydrogen (secondary N) is 1. The van der Waals surface area contributed by atoms with Crippen molar-refractivity contribution in [3.63, 3.8) is 0 Å². The minimum absolute atomic E-state index is 0. The fraction of sp³-hybridized carbons (Fsp3) is 1.00. The second-order valence-corrected chi connectivity index (χ2v) is 2.29. The monoisotopic (exact) mass is 245 g/mol. The van der Waals surface area contributed by atoms with Crippen LogP contribution in [-0.2, 0) is 0 Å². The number of rotatable bonds is 4. The Morgan fingerprint density at radius 1 is 1.38 bits per heavy atom. The molecule has 0 unspecified atom stereocenters. The molecule has 0 amide bonds. The molecule has 0 aliphatic carbocycles. The smallest absolute Gasteiger partial charge is 0.00317 e. The molecule has 0 aliphatic rings. The Balaban J connectivity index is 0. The van der Waals surface area contributed by atoms with E-state index in [1.165, 1.54) is 12.8 Å². The van der Waals surface area contributed by atoms with Crippen LogP contribution in [0.1, 0.15) is 12.8 Å². The first-order valence-corrected chi connectivity index (χ1v) is 3.74. The van der Waals surface area contributed by atoms with E-state index in [2.05, 4.69) is 21.2 Å². The van der Waals surface area contributed by atoms with Crippen molar-refractivity contribution in [1.82, 2.24) is 5.32 Å². The Hall–Kier alpha value is 0.920. The van der Waals surface area contributed by atoms with E-state index in [0.29, 0.717) is 0 Å². The lowest BCUT2D eigenvalue weighted by Gasteiger charge is -1.92. The third-order valence-electron chi connectivity index (χ3n) is 0.810. The summed E-state index contributed by atoms with van der Waals surface area (Å²) in [6.07, 6.45) is 2.56. The molecule has 1 N–H and O–H groups in total. The summed E-state index contributed by atoms with van der Waals surface area (Å²) >= 11 is 3.35. The summed E-state index contributed by atoms with van der Waals surface area (Å²) in [6.45, 7) is 1.14. The Kier molecular flexibility index (Phi) is 15.8. The molecule has 0 saturated heterocycles. The molecule has 0 bridgehead atoms. The van der Waals surface area contributed by atoms with E-state index >= 15 is 0 Å². The average molecular weight is 247 g/mol. The van der Waals surface area contributed by atoms with Gasteiger partial charge in [0.1, 0.15) is 0 Å². The second kappa shape index (κ2) is 10.8. The van der Waals surface area contributed by atoms with Crippen molar-refractivity contribution in [2.75, 3.05) is 18.9 Å². The number of halogens is 2. The molecule has 0 heterocycles. The zero-order valence-electron chi connectivity index (χ0n) is 5.11. The van der Waals surface area contributed by atoms with Gasteiger partial charge in [-0.2, -0.15) is 0 Å². The number of unbranched alkanes of at least 4 members (excludes halogenated alkanes) is 1. The van der Waals surface area contributed by atoms with Gasteiger partial charge in [0, 0.05) is 5.33 Å². The number of hydrogen-bond donors (Lipinski definition) is 1. The largest absolute Gasteiger partial charge is 0.320 e. The molecule has 0 aromatic carbocycles. The van der Waals surface area contributed by atoms with Crippen molar-refractivity contribution in [3.05, 3.63) is 0 Å². The lowest BCUT2D eigenvalue weighted by molar-refractivity contribution is 0.716. The van der Waals surface area contributed by atoms with Crippen LogP contribution in [0, 0.1) is 0 Å². The Morgan fingerprint density at radius 2 is 2.00 bits per heavy atom. The summed E-state index contributed by atoms with van der Waals surface area (Å²) in [5, 5.41) is 4.22. The van der Waals surface area contributed by atoms with E-state index in [9.17, 15) is 0 Å². The molecule has 0 radical (unpaired) electrons. The van der Waals surface area contributed by atoms with Gasteiger partial charge >= 0.3 is 0 Å². The Labute approximate surface area is 70.1 Å². The molecule has 0 aromatic heterocycles. The second-order valence-electron chi connectivity index (χ2n) is 1.50. The summed E-state index contributed by atoms with van der Waals surface area (Å²) < 4.78 is 0. The van der Waals surface area contributed by atoms with Crippen LogP contribution >= 0.6 is 32.9 Å². The van der Waals surface area contributed by atoms with Crippen LogP contribution in [0.3, 0.4) is 0 Å². The number of alkyl halides is 1. The van der Waals surface area contributed by atoms with Crippen LogP contribution in [0.25, 0.3) is 0 Å². The van der Waals surface area contributed by atoms with Gasteiger partial charge in [0.15, 0.2) is 0 Å². The fourth-order valence-corrected chi connectivity index (χ4v) is 0.793. The summed E-state index contributed by atoms with van der Waals surface area (Å²) in [5.74, 6) is 0. The van der Waals surface area contributed by atoms with E-state index in [0.717, 1.165) is 11.9 Å². The summed E-state index contributed by atoms with van der Waals surface area (Å²) in [4.78, 5) is 0. The SMILES string of the molecule is Br.CNCCCCBr. The minimum atomic E-state index is 0. The maximum Gasteiger partial charge on any atom is 0.00317 e. The summed E-state index contributed by atoms with van der Waals surface area (Å²) in [6, 6.07) is 0. The molecule has 0 aromatic rings. The molecule has 0 saturated carbocycles. The lowest BCUT2D eigenvalue weighted by Crippen LogP contribution is -2.06.